The fourth-order valence-electron chi connectivity index (χ4n) is 2.41. The first kappa shape index (κ1) is 19.2. The molecular formula is C18H34O2. The highest BCUT2D eigenvalue weighted by Gasteiger charge is 1.97. The molecule has 0 rings (SSSR count). The SMILES string of the molecule is CCCCCCCC/C=C(\C)CCCCCCC(=O)O. The molecule has 0 saturated carbocycles. The van der Waals surface area contributed by atoms with Gasteiger partial charge in [0.05, 0.1) is 0 Å². The van der Waals surface area contributed by atoms with E-state index in [4.69, 9.17) is 5.11 Å². The number of carboxylic acid groups (broad SMARTS) is 1. The third-order valence-electron chi connectivity index (χ3n) is 3.76. The fraction of sp³-hybridized carbons (Fsp3) is 0.833. The van der Waals surface area contributed by atoms with Crippen molar-refractivity contribution in [2.24, 2.45) is 0 Å². The Kier molecular flexibility index (Phi) is 14.0. The molecule has 0 fully saturated rings. The van der Waals surface area contributed by atoms with E-state index in [0.29, 0.717) is 6.42 Å². The summed E-state index contributed by atoms with van der Waals surface area (Å²) in [5.41, 5.74) is 1.51. The zero-order valence-electron chi connectivity index (χ0n) is 13.6. The van der Waals surface area contributed by atoms with E-state index >= 15 is 0 Å². The van der Waals surface area contributed by atoms with Gasteiger partial charge in [0.2, 0.25) is 0 Å². The van der Waals surface area contributed by atoms with Crippen molar-refractivity contribution in [2.45, 2.75) is 97.3 Å². The summed E-state index contributed by atoms with van der Waals surface area (Å²) >= 11 is 0. The molecule has 0 radical (unpaired) electrons. The number of carboxylic acids is 1. The van der Waals surface area contributed by atoms with Crippen molar-refractivity contribution in [2.75, 3.05) is 0 Å². The van der Waals surface area contributed by atoms with Crippen LogP contribution in [0.4, 0.5) is 0 Å². The molecule has 2 heteroatoms. The lowest BCUT2D eigenvalue weighted by molar-refractivity contribution is -0.137. The molecule has 0 aromatic carbocycles. The maximum Gasteiger partial charge on any atom is 0.303 e. The Labute approximate surface area is 125 Å². The number of aliphatic carboxylic acids is 1. The molecule has 0 aliphatic carbocycles. The van der Waals surface area contributed by atoms with Crippen LogP contribution in [0.15, 0.2) is 11.6 Å². The van der Waals surface area contributed by atoms with Gasteiger partial charge in [0, 0.05) is 6.42 Å². The van der Waals surface area contributed by atoms with Gasteiger partial charge in [-0.05, 0) is 39.0 Å². The highest BCUT2D eigenvalue weighted by molar-refractivity contribution is 5.66. The van der Waals surface area contributed by atoms with Crippen molar-refractivity contribution in [3.63, 3.8) is 0 Å². The minimum absolute atomic E-state index is 0.326. The van der Waals surface area contributed by atoms with Crippen molar-refractivity contribution >= 4 is 5.97 Å². The van der Waals surface area contributed by atoms with E-state index in [0.717, 1.165) is 19.3 Å². The van der Waals surface area contributed by atoms with E-state index < -0.39 is 5.97 Å². The van der Waals surface area contributed by atoms with Crippen LogP contribution in [0.2, 0.25) is 0 Å². The van der Waals surface area contributed by atoms with Crippen LogP contribution < -0.4 is 0 Å². The fourth-order valence-corrected chi connectivity index (χ4v) is 2.41. The minimum Gasteiger partial charge on any atom is -0.481 e. The summed E-state index contributed by atoms with van der Waals surface area (Å²) in [4.78, 5) is 10.4. The van der Waals surface area contributed by atoms with Gasteiger partial charge in [-0.2, -0.15) is 0 Å². The van der Waals surface area contributed by atoms with Crippen molar-refractivity contribution in [3.8, 4) is 0 Å². The van der Waals surface area contributed by atoms with Crippen LogP contribution in [-0.4, -0.2) is 11.1 Å². The predicted molar refractivity (Wildman–Crippen MR) is 87.1 cm³/mol. The largest absolute Gasteiger partial charge is 0.481 e. The summed E-state index contributed by atoms with van der Waals surface area (Å²) in [6.45, 7) is 4.49. The second-order valence-corrected chi connectivity index (χ2v) is 5.91. The first-order chi connectivity index (χ1) is 9.66. The Morgan fingerprint density at radius 3 is 2.05 bits per heavy atom. The van der Waals surface area contributed by atoms with Crippen LogP contribution in [0, 0.1) is 0 Å². The number of hydrogen-bond acceptors (Lipinski definition) is 1. The molecule has 0 unspecified atom stereocenters. The normalized spacial score (nSPS) is 11.8. The molecular weight excluding hydrogens is 248 g/mol. The lowest BCUT2D eigenvalue weighted by Gasteiger charge is -2.02. The topological polar surface area (TPSA) is 37.3 Å². The van der Waals surface area contributed by atoms with Gasteiger partial charge in [0.1, 0.15) is 0 Å². The molecule has 0 bridgehead atoms. The van der Waals surface area contributed by atoms with E-state index in [1.54, 1.807) is 0 Å². The average molecular weight is 282 g/mol. The molecule has 0 aliphatic heterocycles. The zero-order valence-corrected chi connectivity index (χ0v) is 13.6. The molecule has 0 heterocycles. The molecule has 0 amide bonds. The molecule has 1 N–H and O–H groups in total. The predicted octanol–water partition coefficient (Wildman–Crippen LogP) is 6.11. The summed E-state index contributed by atoms with van der Waals surface area (Å²) in [6, 6.07) is 0. The number of hydrogen-bond donors (Lipinski definition) is 1. The molecule has 0 atom stereocenters. The summed E-state index contributed by atoms with van der Waals surface area (Å²) in [5.74, 6) is -0.667. The lowest BCUT2D eigenvalue weighted by Crippen LogP contribution is -1.93. The van der Waals surface area contributed by atoms with E-state index in [2.05, 4.69) is 19.9 Å². The van der Waals surface area contributed by atoms with Gasteiger partial charge in [-0.25, -0.2) is 0 Å². The third kappa shape index (κ3) is 15.3. The van der Waals surface area contributed by atoms with Crippen LogP contribution in [0.5, 0.6) is 0 Å². The highest BCUT2D eigenvalue weighted by Crippen LogP contribution is 2.13. The molecule has 118 valence electrons. The first-order valence-corrected chi connectivity index (χ1v) is 8.54. The van der Waals surface area contributed by atoms with Gasteiger partial charge in [-0.15, -0.1) is 0 Å². The minimum atomic E-state index is -0.667. The van der Waals surface area contributed by atoms with Gasteiger partial charge >= 0.3 is 5.97 Å². The maximum atomic E-state index is 10.4. The maximum absolute atomic E-state index is 10.4. The summed E-state index contributed by atoms with van der Waals surface area (Å²) in [6.07, 6.45) is 17.6. The quantitative estimate of drug-likeness (QED) is 0.308. The van der Waals surface area contributed by atoms with Crippen LogP contribution in [0.1, 0.15) is 97.3 Å². The number of unbranched alkanes of at least 4 members (excludes halogenated alkanes) is 9. The van der Waals surface area contributed by atoms with Crippen molar-refractivity contribution < 1.29 is 9.90 Å². The van der Waals surface area contributed by atoms with Crippen LogP contribution in [-0.2, 0) is 4.79 Å². The van der Waals surface area contributed by atoms with E-state index in [9.17, 15) is 4.79 Å². The first-order valence-electron chi connectivity index (χ1n) is 8.54. The average Bonchev–Trinajstić information content (AvgIpc) is 2.41. The Morgan fingerprint density at radius 2 is 1.40 bits per heavy atom. The molecule has 0 saturated heterocycles. The van der Waals surface area contributed by atoms with Gasteiger partial charge < -0.3 is 5.11 Å². The molecule has 0 aromatic heterocycles. The zero-order chi connectivity index (χ0) is 15.1. The summed E-state index contributed by atoms with van der Waals surface area (Å²) in [7, 11) is 0. The Balaban J connectivity index is 3.31. The van der Waals surface area contributed by atoms with E-state index in [-0.39, 0.29) is 0 Å². The summed E-state index contributed by atoms with van der Waals surface area (Å²) in [5, 5.41) is 8.54. The van der Waals surface area contributed by atoms with Crippen molar-refractivity contribution in [1.29, 1.82) is 0 Å². The third-order valence-corrected chi connectivity index (χ3v) is 3.76. The lowest BCUT2D eigenvalue weighted by atomic mass is 10.0. The number of rotatable bonds is 14. The number of carbonyl (C=O) groups is 1. The summed E-state index contributed by atoms with van der Waals surface area (Å²) < 4.78 is 0. The monoisotopic (exact) mass is 282 g/mol. The van der Waals surface area contributed by atoms with Gasteiger partial charge in [0.15, 0.2) is 0 Å². The second kappa shape index (κ2) is 14.6. The number of allylic oxidation sites excluding steroid dienone is 2. The van der Waals surface area contributed by atoms with Gasteiger partial charge in [-0.1, -0.05) is 63.5 Å². The molecule has 0 aliphatic rings. The van der Waals surface area contributed by atoms with E-state index in [1.807, 2.05) is 0 Å². The van der Waals surface area contributed by atoms with Gasteiger partial charge in [0.25, 0.3) is 0 Å². The Bertz CT molecular complexity index is 256. The highest BCUT2D eigenvalue weighted by atomic mass is 16.4. The molecule has 0 spiro atoms. The van der Waals surface area contributed by atoms with Crippen LogP contribution in [0.3, 0.4) is 0 Å². The van der Waals surface area contributed by atoms with Gasteiger partial charge in [-0.3, -0.25) is 4.79 Å². The second-order valence-electron chi connectivity index (χ2n) is 5.91. The molecule has 20 heavy (non-hydrogen) atoms. The molecule has 0 aromatic rings. The van der Waals surface area contributed by atoms with Crippen molar-refractivity contribution in [1.82, 2.24) is 0 Å². The smallest absolute Gasteiger partial charge is 0.303 e. The van der Waals surface area contributed by atoms with Crippen LogP contribution in [0.25, 0.3) is 0 Å². The standard InChI is InChI=1S/C18H34O2/c1-3-4-5-6-7-8-11-14-17(2)15-12-9-10-13-16-18(19)20/h14H,3-13,15-16H2,1-2H3,(H,19,20)/b17-14+. The molecule has 2 nitrogen and oxygen atoms in total. The Morgan fingerprint density at radius 1 is 0.850 bits per heavy atom. The van der Waals surface area contributed by atoms with Crippen LogP contribution >= 0.6 is 0 Å². The van der Waals surface area contributed by atoms with Crippen molar-refractivity contribution in [3.05, 3.63) is 11.6 Å². The van der Waals surface area contributed by atoms with E-state index in [1.165, 1.54) is 63.4 Å². The Hall–Kier alpha value is -0.790.